The van der Waals surface area contributed by atoms with Gasteiger partial charge in [-0.15, -0.1) is 0 Å². The zero-order valence-electron chi connectivity index (χ0n) is 16.8. The fraction of sp³-hybridized carbons (Fsp3) is 0.409. The number of benzene rings is 1. The molecule has 28 heavy (non-hydrogen) atoms. The highest BCUT2D eigenvalue weighted by atomic mass is 16.2. The molecule has 2 N–H and O–H groups in total. The van der Waals surface area contributed by atoms with Crippen molar-refractivity contribution in [3.63, 3.8) is 0 Å². The number of hydrazone groups is 1. The molecule has 0 unspecified atom stereocenters. The number of amides is 2. The van der Waals surface area contributed by atoms with Gasteiger partial charge in [0.1, 0.15) is 0 Å². The van der Waals surface area contributed by atoms with Crippen molar-refractivity contribution in [1.29, 1.82) is 0 Å². The van der Waals surface area contributed by atoms with Crippen LogP contribution in [-0.4, -0.2) is 28.6 Å². The van der Waals surface area contributed by atoms with E-state index in [1.165, 1.54) is 12.0 Å². The first-order valence-corrected chi connectivity index (χ1v) is 9.85. The lowest BCUT2D eigenvalue weighted by atomic mass is 9.95. The van der Waals surface area contributed by atoms with Gasteiger partial charge in [0.2, 0.25) is 0 Å². The molecule has 148 valence electrons. The van der Waals surface area contributed by atoms with E-state index in [-0.39, 0.29) is 6.04 Å². The molecule has 1 heterocycles. The minimum Gasteiger partial charge on any atom is -0.345 e. The smallest absolute Gasteiger partial charge is 0.329 e. The Balaban J connectivity index is 1.62. The van der Waals surface area contributed by atoms with Crippen LogP contribution >= 0.6 is 0 Å². The summed E-state index contributed by atoms with van der Waals surface area (Å²) in [5.74, 6) is -1.34. The molecule has 1 aromatic carbocycles. The van der Waals surface area contributed by atoms with E-state index in [0.717, 1.165) is 48.3 Å². The average molecular weight is 380 g/mol. The molecule has 1 fully saturated rings. The maximum Gasteiger partial charge on any atom is 0.329 e. The van der Waals surface area contributed by atoms with Gasteiger partial charge >= 0.3 is 11.8 Å². The zero-order valence-corrected chi connectivity index (χ0v) is 16.8. The van der Waals surface area contributed by atoms with Crippen LogP contribution in [0.25, 0.3) is 5.69 Å². The Morgan fingerprint density at radius 1 is 1.04 bits per heavy atom. The predicted molar refractivity (Wildman–Crippen MR) is 111 cm³/mol. The van der Waals surface area contributed by atoms with E-state index in [4.69, 9.17) is 0 Å². The lowest BCUT2D eigenvalue weighted by molar-refractivity contribution is -0.139. The molecule has 0 saturated heterocycles. The molecule has 1 aromatic heterocycles. The first-order chi connectivity index (χ1) is 13.5. The van der Waals surface area contributed by atoms with E-state index >= 15 is 0 Å². The summed E-state index contributed by atoms with van der Waals surface area (Å²) in [6.45, 7) is 6.09. The monoisotopic (exact) mass is 380 g/mol. The van der Waals surface area contributed by atoms with Gasteiger partial charge in [0, 0.05) is 28.7 Å². The molecule has 0 spiro atoms. The van der Waals surface area contributed by atoms with Crippen molar-refractivity contribution in [2.45, 2.75) is 58.9 Å². The number of rotatable bonds is 4. The molecule has 1 aliphatic carbocycles. The highest BCUT2D eigenvalue weighted by molar-refractivity contribution is 6.35. The van der Waals surface area contributed by atoms with Crippen LogP contribution in [0.5, 0.6) is 0 Å². The Kier molecular flexibility index (Phi) is 6.29. The summed E-state index contributed by atoms with van der Waals surface area (Å²) >= 11 is 0. The lowest BCUT2D eigenvalue weighted by Crippen LogP contribution is -2.44. The normalized spacial score (nSPS) is 15.0. The quantitative estimate of drug-likeness (QED) is 0.485. The Hall–Kier alpha value is -2.89. The maximum atomic E-state index is 12.0. The van der Waals surface area contributed by atoms with Gasteiger partial charge in [-0.25, -0.2) is 5.43 Å². The molecule has 0 bridgehead atoms. The molecule has 0 atom stereocenters. The molecule has 2 aromatic rings. The van der Waals surface area contributed by atoms with Crippen LogP contribution in [0.3, 0.4) is 0 Å². The number of carbonyl (C=O) groups is 2. The highest BCUT2D eigenvalue weighted by Crippen LogP contribution is 2.20. The summed E-state index contributed by atoms with van der Waals surface area (Å²) in [6, 6.07) is 10.4. The molecule has 0 radical (unpaired) electrons. The third-order valence-corrected chi connectivity index (χ3v) is 5.28. The molecule has 0 aliphatic heterocycles. The summed E-state index contributed by atoms with van der Waals surface area (Å²) in [4.78, 5) is 24.0. The number of carbonyl (C=O) groups excluding carboxylic acids is 2. The highest BCUT2D eigenvalue weighted by Gasteiger charge is 2.20. The molecule has 1 saturated carbocycles. The number of aryl methyl sites for hydroxylation is 2. The number of hydrogen-bond acceptors (Lipinski definition) is 3. The van der Waals surface area contributed by atoms with Crippen LogP contribution in [0.2, 0.25) is 0 Å². The van der Waals surface area contributed by atoms with Crippen LogP contribution in [0, 0.1) is 20.8 Å². The van der Waals surface area contributed by atoms with Gasteiger partial charge in [-0.2, -0.15) is 5.10 Å². The minimum absolute atomic E-state index is 0.101. The van der Waals surface area contributed by atoms with Gasteiger partial charge in [-0.1, -0.05) is 37.0 Å². The van der Waals surface area contributed by atoms with E-state index in [1.54, 1.807) is 6.21 Å². The predicted octanol–water partition coefficient (Wildman–Crippen LogP) is 3.30. The van der Waals surface area contributed by atoms with Crippen LogP contribution in [-0.2, 0) is 9.59 Å². The molecule has 2 amide bonds. The standard InChI is InChI=1S/C22H28N4O2/c1-15-9-11-20(12-10-15)26-16(2)13-18(17(26)3)14-23-25-22(28)21(27)24-19-7-5-4-6-8-19/h9-14,19H,4-8H2,1-3H3,(H,24,27)(H,25,28)/b23-14-. The number of nitrogens with zero attached hydrogens (tertiary/aromatic N) is 2. The van der Waals surface area contributed by atoms with E-state index < -0.39 is 11.8 Å². The van der Waals surface area contributed by atoms with Gasteiger partial charge in [0.15, 0.2) is 0 Å². The van der Waals surface area contributed by atoms with E-state index in [0.29, 0.717) is 0 Å². The first-order valence-electron chi connectivity index (χ1n) is 9.85. The molecular formula is C22H28N4O2. The zero-order chi connectivity index (χ0) is 20.1. The second-order valence-corrected chi connectivity index (χ2v) is 7.50. The summed E-state index contributed by atoms with van der Waals surface area (Å²) in [5, 5.41) is 6.77. The van der Waals surface area contributed by atoms with Gasteiger partial charge < -0.3 is 9.88 Å². The summed E-state index contributed by atoms with van der Waals surface area (Å²) < 4.78 is 2.14. The Labute approximate surface area is 166 Å². The van der Waals surface area contributed by atoms with Gasteiger partial charge in [-0.3, -0.25) is 9.59 Å². The van der Waals surface area contributed by atoms with Gasteiger partial charge in [0.25, 0.3) is 0 Å². The molecule has 1 aliphatic rings. The Bertz CT molecular complexity index is 875. The SMILES string of the molecule is Cc1ccc(-n2c(C)cc(/C=N\NC(=O)C(=O)NC3CCCCC3)c2C)cc1. The number of nitrogens with one attached hydrogen (secondary N) is 2. The molecular weight excluding hydrogens is 352 g/mol. The van der Waals surface area contributed by atoms with Crippen molar-refractivity contribution in [2.24, 2.45) is 5.10 Å². The summed E-state index contributed by atoms with van der Waals surface area (Å²) in [6.07, 6.45) is 6.85. The van der Waals surface area contributed by atoms with Crippen molar-refractivity contribution in [3.8, 4) is 5.69 Å². The fourth-order valence-corrected chi connectivity index (χ4v) is 3.72. The Morgan fingerprint density at radius 3 is 2.39 bits per heavy atom. The van der Waals surface area contributed by atoms with Gasteiger partial charge in [0.05, 0.1) is 6.21 Å². The van der Waals surface area contributed by atoms with Crippen LogP contribution in [0.4, 0.5) is 0 Å². The third kappa shape index (κ3) is 4.68. The number of hydrogen-bond donors (Lipinski definition) is 2. The minimum atomic E-state index is -0.728. The van der Waals surface area contributed by atoms with Gasteiger partial charge in [-0.05, 0) is 51.8 Å². The van der Waals surface area contributed by atoms with E-state index in [1.807, 2.05) is 19.9 Å². The molecule has 3 rings (SSSR count). The Morgan fingerprint density at radius 2 is 1.71 bits per heavy atom. The summed E-state index contributed by atoms with van der Waals surface area (Å²) in [7, 11) is 0. The van der Waals surface area contributed by atoms with Crippen molar-refractivity contribution in [1.82, 2.24) is 15.3 Å². The van der Waals surface area contributed by atoms with Crippen LogP contribution in [0.1, 0.15) is 54.6 Å². The largest absolute Gasteiger partial charge is 0.345 e. The average Bonchev–Trinajstić information content (AvgIpc) is 2.97. The second-order valence-electron chi connectivity index (χ2n) is 7.50. The van der Waals surface area contributed by atoms with Crippen molar-refractivity contribution < 1.29 is 9.59 Å². The topological polar surface area (TPSA) is 75.5 Å². The first kappa shape index (κ1) is 19.9. The maximum absolute atomic E-state index is 12.0. The van der Waals surface area contributed by atoms with Crippen molar-refractivity contribution in [2.75, 3.05) is 0 Å². The van der Waals surface area contributed by atoms with Crippen molar-refractivity contribution in [3.05, 3.63) is 52.8 Å². The van der Waals surface area contributed by atoms with Crippen LogP contribution in [0.15, 0.2) is 35.4 Å². The lowest BCUT2D eigenvalue weighted by Gasteiger charge is -2.22. The molecule has 6 heteroatoms. The van der Waals surface area contributed by atoms with Crippen molar-refractivity contribution >= 4 is 18.0 Å². The van der Waals surface area contributed by atoms with E-state index in [9.17, 15) is 9.59 Å². The second kappa shape index (κ2) is 8.87. The third-order valence-electron chi connectivity index (χ3n) is 5.28. The summed E-state index contributed by atoms with van der Waals surface area (Å²) in [5.41, 5.74) is 7.61. The number of aromatic nitrogens is 1. The fourth-order valence-electron chi connectivity index (χ4n) is 3.72. The van der Waals surface area contributed by atoms with Crippen LogP contribution < -0.4 is 10.7 Å². The molecule has 6 nitrogen and oxygen atoms in total. The van der Waals surface area contributed by atoms with E-state index in [2.05, 4.69) is 51.6 Å².